The van der Waals surface area contributed by atoms with Crippen LogP contribution in [-0.2, 0) is 0 Å². The summed E-state index contributed by atoms with van der Waals surface area (Å²) in [6.45, 7) is 0. The number of amidine groups is 1. The summed E-state index contributed by atoms with van der Waals surface area (Å²) < 4.78 is 0. The number of carbonyl (C=O) groups excluding carboxylic acids is 1. The number of carbonyl (C=O) groups is 1. The predicted molar refractivity (Wildman–Crippen MR) is 94.2 cm³/mol. The summed E-state index contributed by atoms with van der Waals surface area (Å²) in [5.74, 6) is -0.521. The molecule has 4 N–H and O–H groups in total. The second-order valence-electron chi connectivity index (χ2n) is 4.87. The van der Waals surface area contributed by atoms with Gasteiger partial charge >= 0.3 is 0 Å². The van der Waals surface area contributed by atoms with Crippen LogP contribution in [0.3, 0.4) is 0 Å². The van der Waals surface area contributed by atoms with Gasteiger partial charge in [-0.2, -0.15) is 10.4 Å². The highest BCUT2D eigenvalue weighted by Gasteiger charge is 2.12. The molecule has 0 aliphatic rings. The zero-order valence-electron chi connectivity index (χ0n) is 13.0. The van der Waals surface area contributed by atoms with Crippen LogP contribution >= 0.6 is 0 Å². The summed E-state index contributed by atoms with van der Waals surface area (Å²) in [7, 11) is 1.69. The highest BCUT2D eigenvalue weighted by atomic mass is 16.2. The van der Waals surface area contributed by atoms with Crippen LogP contribution in [0.5, 0.6) is 0 Å². The first-order valence-corrected chi connectivity index (χ1v) is 7.04. The van der Waals surface area contributed by atoms with Crippen molar-refractivity contribution in [3.8, 4) is 6.07 Å². The van der Waals surface area contributed by atoms with Gasteiger partial charge in [-0.1, -0.05) is 18.2 Å². The Labute approximate surface area is 139 Å². The van der Waals surface area contributed by atoms with E-state index in [1.165, 1.54) is 0 Å². The standard InChI is InChI=1S/C17H16N6O/c1-23(17(24)12-5-3-2-4-6-12)14-9-7-13(8-10-14)21-22-15(11-18)16(19)20/h2-10,21H,1H3,(H3,19,20)/b22-15+. The summed E-state index contributed by atoms with van der Waals surface area (Å²) in [4.78, 5) is 13.9. The Morgan fingerprint density at radius 1 is 1.21 bits per heavy atom. The third-order valence-electron chi connectivity index (χ3n) is 3.24. The molecule has 0 radical (unpaired) electrons. The van der Waals surface area contributed by atoms with Crippen molar-refractivity contribution in [1.82, 2.24) is 0 Å². The second-order valence-corrected chi connectivity index (χ2v) is 4.87. The Bertz CT molecular complexity index is 805. The molecule has 1 amide bonds. The molecule has 0 aliphatic heterocycles. The fourth-order valence-electron chi connectivity index (χ4n) is 1.92. The Morgan fingerprint density at radius 2 is 1.83 bits per heavy atom. The molecule has 0 bridgehead atoms. The van der Waals surface area contributed by atoms with Crippen LogP contribution in [0.2, 0.25) is 0 Å². The molecule has 7 heteroatoms. The summed E-state index contributed by atoms with van der Waals surface area (Å²) in [6, 6.07) is 17.6. The molecule has 0 atom stereocenters. The van der Waals surface area contributed by atoms with Crippen molar-refractivity contribution in [2.24, 2.45) is 10.8 Å². The fraction of sp³-hybridized carbons (Fsp3) is 0.0588. The quantitative estimate of drug-likeness (QED) is 0.444. The molecule has 0 saturated heterocycles. The SMILES string of the molecule is CN(C(=O)c1ccccc1)c1ccc(N/N=C(\C#N)C(=N)N)cc1. The van der Waals surface area contributed by atoms with Crippen molar-refractivity contribution in [2.75, 3.05) is 17.4 Å². The van der Waals surface area contributed by atoms with Crippen molar-refractivity contribution in [2.45, 2.75) is 0 Å². The molecule has 24 heavy (non-hydrogen) atoms. The van der Waals surface area contributed by atoms with Gasteiger partial charge in [-0.3, -0.25) is 15.6 Å². The van der Waals surface area contributed by atoms with Crippen molar-refractivity contribution in [1.29, 1.82) is 10.7 Å². The van der Waals surface area contributed by atoms with E-state index in [2.05, 4.69) is 10.5 Å². The Kier molecular flexibility index (Phi) is 5.26. The van der Waals surface area contributed by atoms with Gasteiger partial charge in [0.05, 0.1) is 5.69 Å². The molecular formula is C17H16N6O. The van der Waals surface area contributed by atoms with Crippen LogP contribution in [0.1, 0.15) is 10.4 Å². The minimum absolute atomic E-state index is 0.113. The van der Waals surface area contributed by atoms with Crippen LogP contribution in [-0.4, -0.2) is 24.5 Å². The molecule has 120 valence electrons. The van der Waals surface area contributed by atoms with Gasteiger partial charge in [0.25, 0.3) is 5.91 Å². The molecule has 2 rings (SSSR count). The first-order valence-electron chi connectivity index (χ1n) is 7.04. The van der Waals surface area contributed by atoms with E-state index in [9.17, 15) is 4.79 Å². The molecule has 0 aromatic heterocycles. The minimum atomic E-state index is -0.408. The molecule has 0 fully saturated rings. The van der Waals surface area contributed by atoms with E-state index in [-0.39, 0.29) is 11.6 Å². The Morgan fingerprint density at radius 3 is 2.38 bits per heavy atom. The number of benzene rings is 2. The summed E-state index contributed by atoms with van der Waals surface area (Å²) >= 11 is 0. The van der Waals surface area contributed by atoms with E-state index >= 15 is 0 Å². The van der Waals surface area contributed by atoms with E-state index in [0.29, 0.717) is 16.9 Å². The van der Waals surface area contributed by atoms with Crippen LogP contribution in [0.4, 0.5) is 11.4 Å². The molecule has 0 unspecified atom stereocenters. The first-order chi connectivity index (χ1) is 11.5. The number of nitrogens with zero attached hydrogens (tertiary/aromatic N) is 3. The molecule has 0 saturated carbocycles. The van der Waals surface area contributed by atoms with Crippen LogP contribution in [0.25, 0.3) is 0 Å². The zero-order chi connectivity index (χ0) is 17.5. The number of amides is 1. The van der Waals surface area contributed by atoms with Crippen molar-refractivity contribution in [3.63, 3.8) is 0 Å². The zero-order valence-corrected chi connectivity index (χ0v) is 13.0. The monoisotopic (exact) mass is 320 g/mol. The summed E-state index contributed by atoms with van der Waals surface area (Å²) in [6.07, 6.45) is 0. The van der Waals surface area contributed by atoms with Crippen molar-refractivity contribution >= 4 is 28.8 Å². The largest absolute Gasteiger partial charge is 0.382 e. The Balaban J connectivity index is 2.10. The van der Waals surface area contributed by atoms with Gasteiger partial charge in [0.2, 0.25) is 5.71 Å². The number of hydrazone groups is 1. The summed E-state index contributed by atoms with van der Waals surface area (Å²) in [5.41, 5.74) is 9.58. The molecule has 2 aromatic carbocycles. The van der Waals surface area contributed by atoms with E-state index in [1.54, 1.807) is 54.4 Å². The maximum Gasteiger partial charge on any atom is 0.258 e. The maximum absolute atomic E-state index is 12.4. The van der Waals surface area contributed by atoms with Gasteiger partial charge in [0.1, 0.15) is 6.07 Å². The lowest BCUT2D eigenvalue weighted by Gasteiger charge is -2.17. The predicted octanol–water partition coefficient (Wildman–Crippen LogP) is 2.19. The number of rotatable bonds is 5. The van der Waals surface area contributed by atoms with Gasteiger partial charge in [-0.15, -0.1) is 0 Å². The summed E-state index contributed by atoms with van der Waals surface area (Å²) in [5, 5.41) is 19.7. The lowest BCUT2D eigenvalue weighted by atomic mass is 10.2. The van der Waals surface area contributed by atoms with Crippen LogP contribution in [0.15, 0.2) is 59.7 Å². The van der Waals surface area contributed by atoms with Crippen LogP contribution < -0.4 is 16.1 Å². The number of nitriles is 1. The van der Waals surface area contributed by atoms with Crippen molar-refractivity contribution < 1.29 is 4.79 Å². The topological polar surface area (TPSA) is 118 Å². The molecule has 0 aliphatic carbocycles. The van der Waals surface area contributed by atoms with E-state index in [4.69, 9.17) is 16.4 Å². The highest BCUT2D eigenvalue weighted by Crippen LogP contribution is 2.18. The number of nitrogens with one attached hydrogen (secondary N) is 2. The van der Waals surface area contributed by atoms with Gasteiger partial charge in [0, 0.05) is 18.3 Å². The fourth-order valence-corrected chi connectivity index (χ4v) is 1.92. The third kappa shape index (κ3) is 3.96. The average molecular weight is 320 g/mol. The highest BCUT2D eigenvalue weighted by molar-refractivity contribution is 6.45. The average Bonchev–Trinajstić information content (AvgIpc) is 2.62. The number of anilines is 2. The van der Waals surface area contributed by atoms with Gasteiger partial charge < -0.3 is 10.6 Å². The second kappa shape index (κ2) is 7.56. The molecule has 0 heterocycles. The van der Waals surface area contributed by atoms with Crippen molar-refractivity contribution in [3.05, 3.63) is 60.2 Å². The third-order valence-corrected chi connectivity index (χ3v) is 3.24. The maximum atomic E-state index is 12.4. The van der Waals surface area contributed by atoms with E-state index < -0.39 is 5.84 Å². The number of nitrogens with two attached hydrogens (primary N) is 1. The lowest BCUT2D eigenvalue weighted by molar-refractivity contribution is 0.0993. The van der Waals surface area contributed by atoms with Gasteiger partial charge in [-0.25, -0.2) is 0 Å². The first kappa shape index (κ1) is 16.7. The molecule has 2 aromatic rings. The molecule has 7 nitrogen and oxygen atoms in total. The lowest BCUT2D eigenvalue weighted by Crippen LogP contribution is -2.26. The minimum Gasteiger partial charge on any atom is -0.382 e. The molecular weight excluding hydrogens is 304 g/mol. The van der Waals surface area contributed by atoms with E-state index in [1.807, 2.05) is 18.2 Å². The number of hydrogen-bond acceptors (Lipinski definition) is 5. The van der Waals surface area contributed by atoms with E-state index in [0.717, 1.165) is 0 Å². The molecule has 0 spiro atoms. The van der Waals surface area contributed by atoms with Gasteiger partial charge in [0.15, 0.2) is 5.84 Å². The van der Waals surface area contributed by atoms with Crippen LogP contribution in [0, 0.1) is 16.7 Å². The smallest absolute Gasteiger partial charge is 0.258 e. The Hall–Kier alpha value is -3.66. The van der Waals surface area contributed by atoms with Gasteiger partial charge in [-0.05, 0) is 36.4 Å². The number of hydrogen-bond donors (Lipinski definition) is 3. The normalized spacial score (nSPS) is 10.6.